The summed E-state index contributed by atoms with van der Waals surface area (Å²) in [5.74, 6) is -0.314. The summed E-state index contributed by atoms with van der Waals surface area (Å²) in [5, 5.41) is 11.7. The van der Waals surface area contributed by atoms with E-state index < -0.39 is 5.60 Å². The number of ether oxygens (including phenoxy) is 1. The number of halogens is 2. The normalized spacial score (nSPS) is 25.6. The molecule has 144 valence electrons. The fourth-order valence-corrected chi connectivity index (χ4v) is 4.52. The van der Waals surface area contributed by atoms with E-state index in [1.807, 2.05) is 18.2 Å². The Kier molecular flexibility index (Phi) is 5.21. The Bertz CT molecular complexity index is 796. The highest BCUT2D eigenvalue weighted by Gasteiger charge is 2.47. The number of nitrogens with zero attached hydrogens (tertiary/aromatic N) is 2. The van der Waals surface area contributed by atoms with Crippen LogP contribution in [0.5, 0.6) is 0 Å². The van der Waals surface area contributed by atoms with Gasteiger partial charge in [0.05, 0.1) is 17.9 Å². The van der Waals surface area contributed by atoms with Crippen molar-refractivity contribution in [3.63, 3.8) is 0 Å². The molecule has 2 aliphatic rings. The van der Waals surface area contributed by atoms with Crippen LogP contribution in [0.4, 0.5) is 4.39 Å². The Balaban J connectivity index is 1.42. The topological polar surface area (TPSA) is 45.6 Å². The van der Waals surface area contributed by atoms with Gasteiger partial charge in [-0.15, -0.1) is 0 Å². The number of benzene rings is 1. The molecule has 2 aliphatic heterocycles. The molecule has 2 saturated heterocycles. The van der Waals surface area contributed by atoms with E-state index in [1.165, 1.54) is 12.1 Å². The lowest BCUT2D eigenvalue weighted by Gasteiger charge is -2.49. The third kappa shape index (κ3) is 4.02. The van der Waals surface area contributed by atoms with Gasteiger partial charge in [0.25, 0.3) is 0 Å². The average molecular weight is 391 g/mol. The first-order chi connectivity index (χ1) is 13.0. The van der Waals surface area contributed by atoms with Crippen molar-refractivity contribution >= 4 is 11.6 Å². The average Bonchev–Trinajstić information content (AvgIpc) is 2.67. The van der Waals surface area contributed by atoms with Gasteiger partial charge in [0.15, 0.2) is 0 Å². The van der Waals surface area contributed by atoms with Crippen molar-refractivity contribution in [3.8, 4) is 0 Å². The second kappa shape index (κ2) is 7.47. The van der Waals surface area contributed by atoms with Crippen molar-refractivity contribution in [2.75, 3.05) is 19.7 Å². The summed E-state index contributed by atoms with van der Waals surface area (Å²) < 4.78 is 19.4. The van der Waals surface area contributed by atoms with E-state index in [0.29, 0.717) is 31.0 Å². The molecule has 3 heterocycles. The predicted molar refractivity (Wildman–Crippen MR) is 102 cm³/mol. The van der Waals surface area contributed by atoms with Crippen molar-refractivity contribution in [1.29, 1.82) is 0 Å². The van der Waals surface area contributed by atoms with Gasteiger partial charge in [0, 0.05) is 43.7 Å². The number of likely N-dealkylation sites (tertiary alicyclic amines) is 1. The second-order valence-electron chi connectivity index (χ2n) is 7.72. The van der Waals surface area contributed by atoms with E-state index >= 15 is 0 Å². The van der Waals surface area contributed by atoms with Gasteiger partial charge in [-0.1, -0.05) is 23.7 Å². The van der Waals surface area contributed by atoms with E-state index in [9.17, 15) is 9.50 Å². The fraction of sp³-hybridized carbons (Fsp3) is 0.476. The molecule has 1 spiro atoms. The fourth-order valence-electron chi connectivity index (χ4n) is 4.30. The summed E-state index contributed by atoms with van der Waals surface area (Å²) in [6.45, 7) is 2.94. The quantitative estimate of drug-likeness (QED) is 0.863. The minimum atomic E-state index is -0.929. The maximum absolute atomic E-state index is 13.2. The van der Waals surface area contributed by atoms with Crippen molar-refractivity contribution in [2.45, 2.75) is 43.4 Å². The van der Waals surface area contributed by atoms with Gasteiger partial charge in [0.2, 0.25) is 0 Å². The van der Waals surface area contributed by atoms with Crippen LogP contribution in [0.25, 0.3) is 0 Å². The summed E-state index contributed by atoms with van der Waals surface area (Å²) >= 11 is 6.16. The zero-order valence-electron chi connectivity index (χ0n) is 15.2. The van der Waals surface area contributed by atoms with Crippen LogP contribution >= 0.6 is 11.6 Å². The van der Waals surface area contributed by atoms with Gasteiger partial charge in [-0.3, -0.25) is 9.88 Å². The number of rotatable bonds is 3. The van der Waals surface area contributed by atoms with E-state index in [1.54, 1.807) is 12.3 Å². The van der Waals surface area contributed by atoms with Crippen molar-refractivity contribution in [1.82, 2.24) is 9.88 Å². The first-order valence-corrected chi connectivity index (χ1v) is 9.80. The number of piperidine rings is 1. The Hall–Kier alpha value is -1.53. The summed E-state index contributed by atoms with van der Waals surface area (Å²) in [6.07, 6.45) is 4.56. The van der Waals surface area contributed by atoms with Gasteiger partial charge in [-0.2, -0.15) is 0 Å². The van der Waals surface area contributed by atoms with Gasteiger partial charge >= 0.3 is 0 Å². The molecule has 0 bridgehead atoms. The molecule has 1 N–H and O–H groups in total. The van der Waals surface area contributed by atoms with Crippen LogP contribution in [0, 0.1) is 5.82 Å². The highest BCUT2D eigenvalue weighted by Crippen LogP contribution is 2.44. The molecule has 1 aromatic carbocycles. The van der Waals surface area contributed by atoms with Gasteiger partial charge in [-0.05, 0) is 42.7 Å². The maximum atomic E-state index is 13.2. The van der Waals surface area contributed by atoms with E-state index in [0.717, 1.165) is 37.2 Å². The number of aromatic nitrogens is 1. The summed E-state index contributed by atoms with van der Waals surface area (Å²) in [7, 11) is 0. The molecule has 27 heavy (non-hydrogen) atoms. The van der Waals surface area contributed by atoms with Gasteiger partial charge in [-0.25, -0.2) is 4.39 Å². The first-order valence-electron chi connectivity index (χ1n) is 9.42. The maximum Gasteiger partial charge on any atom is 0.124 e. The first kappa shape index (κ1) is 18.8. The lowest BCUT2D eigenvalue weighted by molar-refractivity contribution is -0.183. The molecule has 4 rings (SSSR count). The summed E-state index contributed by atoms with van der Waals surface area (Å²) in [5.41, 5.74) is 0.423. The molecule has 0 radical (unpaired) electrons. The predicted octanol–water partition coefficient (Wildman–Crippen LogP) is 3.91. The molecule has 2 aromatic rings. The van der Waals surface area contributed by atoms with E-state index in [2.05, 4.69) is 9.88 Å². The van der Waals surface area contributed by atoms with Crippen LogP contribution in [0.2, 0.25) is 5.02 Å². The monoisotopic (exact) mass is 390 g/mol. The van der Waals surface area contributed by atoms with Crippen LogP contribution in [0.3, 0.4) is 0 Å². The minimum Gasteiger partial charge on any atom is -0.383 e. The smallest absolute Gasteiger partial charge is 0.124 e. The SMILES string of the molecule is OC1(c2ccccn2)CCOC2(CCN(Cc3ccc(F)cc3Cl)CC2)C1. The molecule has 1 unspecified atom stereocenters. The molecular formula is C21H24ClFN2O2. The van der Waals surface area contributed by atoms with Crippen molar-refractivity contribution in [2.24, 2.45) is 0 Å². The molecule has 0 saturated carbocycles. The molecule has 4 nitrogen and oxygen atoms in total. The lowest BCUT2D eigenvalue weighted by Crippen LogP contribution is -2.53. The third-order valence-corrected chi connectivity index (χ3v) is 6.21. The molecule has 6 heteroatoms. The third-order valence-electron chi connectivity index (χ3n) is 5.86. The Morgan fingerprint density at radius 1 is 1.19 bits per heavy atom. The van der Waals surface area contributed by atoms with Crippen LogP contribution < -0.4 is 0 Å². The standard InChI is InChI=1S/C21H24ClFN2O2/c22-18-13-17(23)5-4-16(18)14-25-10-6-20(7-11-25)15-21(26,8-12-27-20)19-3-1-2-9-24-19/h1-5,9,13,26H,6-8,10-12,14-15H2. The van der Waals surface area contributed by atoms with Crippen LogP contribution in [0.1, 0.15) is 36.9 Å². The van der Waals surface area contributed by atoms with Crippen LogP contribution in [-0.4, -0.2) is 40.3 Å². The van der Waals surface area contributed by atoms with Crippen LogP contribution in [0.15, 0.2) is 42.6 Å². The zero-order valence-corrected chi connectivity index (χ0v) is 16.0. The van der Waals surface area contributed by atoms with Crippen molar-refractivity contribution < 1.29 is 14.2 Å². The number of aliphatic hydroxyl groups is 1. The number of pyridine rings is 1. The second-order valence-corrected chi connectivity index (χ2v) is 8.12. The Morgan fingerprint density at radius 3 is 2.70 bits per heavy atom. The van der Waals surface area contributed by atoms with E-state index in [-0.39, 0.29) is 11.4 Å². The van der Waals surface area contributed by atoms with Gasteiger partial charge < -0.3 is 9.84 Å². The molecule has 1 atom stereocenters. The molecule has 0 amide bonds. The molecule has 2 fully saturated rings. The van der Waals surface area contributed by atoms with Crippen molar-refractivity contribution in [3.05, 3.63) is 64.7 Å². The highest BCUT2D eigenvalue weighted by molar-refractivity contribution is 6.31. The molecular weight excluding hydrogens is 367 g/mol. The number of hydrogen-bond donors (Lipinski definition) is 1. The Labute approximate surface area is 163 Å². The highest BCUT2D eigenvalue weighted by atomic mass is 35.5. The largest absolute Gasteiger partial charge is 0.383 e. The Morgan fingerprint density at radius 2 is 2.00 bits per heavy atom. The zero-order chi connectivity index (χ0) is 18.9. The summed E-state index contributed by atoms with van der Waals surface area (Å²) in [4.78, 5) is 6.69. The lowest BCUT2D eigenvalue weighted by atomic mass is 9.75. The van der Waals surface area contributed by atoms with Gasteiger partial charge in [0.1, 0.15) is 11.4 Å². The van der Waals surface area contributed by atoms with Crippen LogP contribution in [-0.2, 0) is 16.9 Å². The molecule has 0 aliphatic carbocycles. The number of hydrogen-bond acceptors (Lipinski definition) is 4. The summed E-state index contributed by atoms with van der Waals surface area (Å²) in [6, 6.07) is 10.2. The molecule has 1 aromatic heterocycles. The van der Waals surface area contributed by atoms with E-state index in [4.69, 9.17) is 16.3 Å². The minimum absolute atomic E-state index is 0.312.